The molecule has 0 bridgehead atoms. The summed E-state index contributed by atoms with van der Waals surface area (Å²) in [6, 6.07) is 4.98. The number of benzene rings is 1. The first-order valence-electron chi connectivity index (χ1n) is 6.01. The Morgan fingerprint density at radius 3 is 2.84 bits per heavy atom. The van der Waals surface area contributed by atoms with Crippen LogP contribution in [0.3, 0.4) is 0 Å². The number of nitrogens with zero attached hydrogens (tertiary/aromatic N) is 1. The molecule has 0 aliphatic carbocycles. The molecule has 0 fully saturated rings. The lowest BCUT2D eigenvalue weighted by atomic mass is 10.1. The zero-order valence-electron chi connectivity index (χ0n) is 11.1. The summed E-state index contributed by atoms with van der Waals surface area (Å²) in [5.41, 5.74) is 7.53. The summed E-state index contributed by atoms with van der Waals surface area (Å²) in [5.74, 6) is -0.302. The van der Waals surface area contributed by atoms with Crippen LogP contribution < -0.4 is 11.1 Å². The average Bonchev–Trinajstić information content (AvgIpc) is 2.76. The minimum atomic E-state index is -0.504. The summed E-state index contributed by atoms with van der Waals surface area (Å²) in [5, 5.41) is 2.94. The number of fused-ring (bicyclic) bond motifs is 1. The van der Waals surface area contributed by atoms with Gasteiger partial charge in [-0.25, -0.2) is 4.79 Å². The maximum atomic E-state index is 11.7. The van der Waals surface area contributed by atoms with Crippen molar-refractivity contribution in [2.45, 2.75) is 19.9 Å². The number of oxazole rings is 1. The first kappa shape index (κ1) is 13.2. The van der Waals surface area contributed by atoms with Crippen LogP contribution in [0.4, 0.5) is 11.7 Å². The summed E-state index contributed by atoms with van der Waals surface area (Å²) in [7, 11) is 1.35. The van der Waals surface area contributed by atoms with Crippen LogP contribution in [0, 0.1) is 5.92 Å². The average molecular weight is 263 g/mol. The summed E-state index contributed by atoms with van der Waals surface area (Å²) in [6.07, 6.45) is 0. The zero-order chi connectivity index (χ0) is 14.0. The number of hydrogen-bond donors (Lipinski definition) is 2. The fourth-order valence-corrected chi connectivity index (χ4v) is 1.76. The van der Waals surface area contributed by atoms with Crippen LogP contribution in [0.2, 0.25) is 0 Å². The number of esters is 1. The fourth-order valence-electron chi connectivity index (χ4n) is 1.76. The van der Waals surface area contributed by atoms with E-state index in [1.807, 2.05) is 13.8 Å². The Kier molecular flexibility index (Phi) is 3.59. The highest BCUT2D eigenvalue weighted by Crippen LogP contribution is 2.22. The van der Waals surface area contributed by atoms with Crippen LogP contribution >= 0.6 is 0 Å². The minimum Gasteiger partial charge on any atom is -0.467 e. The Bertz CT molecular complexity index is 592. The molecule has 0 radical (unpaired) electrons. The van der Waals surface area contributed by atoms with Crippen LogP contribution in [0.15, 0.2) is 22.6 Å². The van der Waals surface area contributed by atoms with Crippen molar-refractivity contribution in [3.05, 3.63) is 18.2 Å². The number of methoxy groups -OCH3 is 1. The monoisotopic (exact) mass is 263 g/mol. The van der Waals surface area contributed by atoms with E-state index in [4.69, 9.17) is 14.9 Å². The molecule has 1 aromatic heterocycles. The van der Waals surface area contributed by atoms with Gasteiger partial charge in [-0.2, -0.15) is 4.98 Å². The topological polar surface area (TPSA) is 90.4 Å². The van der Waals surface area contributed by atoms with Gasteiger partial charge in [-0.05, 0) is 18.1 Å². The van der Waals surface area contributed by atoms with Crippen LogP contribution in [0.5, 0.6) is 0 Å². The van der Waals surface area contributed by atoms with Crippen LogP contribution in [0.1, 0.15) is 13.8 Å². The number of anilines is 2. The van der Waals surface area contributed by atoms with Crippen molar-refractivity contribution in [3.8, 4) is 0 Å². The molecule has 1 unspecified atom stereocenters. The van der Waals surface area contributed by atoms with Crippen molar-refractivity contribution >= 4 is 28.8 Å². The third kappa shape index (κ3) is 2.78. The van der Waals surface area contributed by atoms with Gasteiger partial charge in [-0.15, -0.1) is 0 Å². The van der Waals surface area contributed by atoms with Gasteiger partial charge in [0.1, 0.15) is 11.6 Å². The van der Waals surface area contributed by atoms with Crippen molar-refractivity contribution in [3.63, 3.8) is 0 Å². The second-order valence-electron chi connectivity index (χ2n) is 4.64. The molecule has 19 heavy (non-hydrogen) atoms. The predicted molar refractivity (Wildman–Crippen MR) is 72.7 cm³/mol. The molecule has 1 atom stereocenters. The molecule has 102 valence electrons. The van der Waals surface area contributed by atoms with E-state index in [-0.39, 0.29) is 17.9 Å². The molecule has 6 nitrogen and oxygen atoms in total. The molecule has 0 aliphatic heterocycles. The van der Waals surface area contributed by atoms with E-state index in [1.54, 1.807) is 18.2 Å². The molecular weight excluding hydrogens is 246 g/mol. The summed E-state index contributed by atoms with van der Waals surface area (Å²) in [6.45, 7) is 3.82. The summed E-state index contributed by atoms with van der Waals surface area (Å²) < 4.78 is 10.3. The quantitative estimate of drug-likeness (QED) is 0.648. The normalized spacial score (nSPS) is 12.6. The number of carbonyl (C=O) groups excluding carboxylic acids is 1. The lowest BCUT2D eigenvalue weighted by molar-refractivity contribution is -0.142. The second kappa shape index (κ2) is 5.17. The third-order valence-electron chi connectivity index (χ3n) is 2.81. The number of nitrogens with one attached hydrogen (secondary N) is 1. The van der Waals surface area contributed by atoms with Crippen molar-refractivity contribution in [2.75, 3.05) is 18.2 Å². The smallest absolute Gasteiger partial charge is 0.328 e. The van der Waals surface area contributed by atoms with E-state index in [1.165, 1.54) is 7.11 Å². The second-order valence-corrected chi connectivity index (χ2v) is 4.64. The third-order valence-corrected chi connectivity index (χ3v) is 2.81. The van der Waals surface area contributed by atoms with E-state index in [0.717, 1.165) is 0 Å². The van der Waals surface area contributed by atoms with Crippen LogP contribution in [0.25, 0.3) is 11.1 Å². The molecule has 3 N–H and O–H groups in total. The Labute approximate surface area is 110 Å². The number of nitrogens with two attached hydrogens (primary N) is 1. The van der Waals surface area contributed by atoms with E-state index >= 15 is 0 Å². The summed E-state index contributed by atoms with van der Waals surface area (Å²) in [4.78, 5) is 15.9. The first-order valence-corrected chi connectivity index (χ1v) is 6.01. The number of ether oxygens (including phenoxy) is 1. The number of aromatic nitrogens is 1. The molecule has 0 aliphatic rings. The Morgan fingerprint density at radius 2 is 2.21 bits per heavy atom. The molecular formula is C13H17N3O3. The van der Waals surface area contributed by atoms with Gasteiger partial charge < -0.3 is 20.2 Å². The highest BCUT2D eigenvalue weighted by Gasteiger charge is 2.24. The molecule has 0 spiro atoms. The number of carbonyl (C=O) groups is 1. The molecule has 2 aromatic rings. The zero-order valence-corrected chi connectivity index (χ0v) is 11.1. The van der Waals surface area contributed by atoms with E-state index in [0.29, 0.717) is 16.8 Å². The van der Waals surface area contributed by atoms with Gasteiger partial charge in [-0.1, -0.05) is 13.8 Å². The number of rotatable bonds is 4. The number of hydrogen-bond acceptors (Lipinski definition) is 6. The maximum absolute atomic E-state index is 11.7. The van der Waals surface area contributed by atoms with Crippen molar-refractivity contribution in [1.82, 2.24) is 4.98 Å². The minimum absolute atomic E-state index is 0.0486. The fraction of sp³-hybridized carbons (Fsp3) is 0.385. The maximum Gasteiger partial charge on any atom is 0.328 e. The number of nitrogen functional groups attached to an aromatic ring is 1. The van der Waals surface area contributed by atoms with Gasteiger partial charge >= 0.3 is 5.97 Å². The molecule has 1 aromatic carbocycles. The Hall–Kier alpha value is -2.24. The Morgan fingerprint density at radius 1 is 1.47 bits per heavy atom. The van der Waals surface area contributed by atoms with Gasteiger partial charge in [0.25, 0.3) is 6.01 Å². The molecule has 2 rings (SSSR count). The van der Waals surface area contributed by atoms with E-state index < -0.39 is 6.04 Å². The molecule has 0 amide bonds. The Balaban J connectivity index is 2.26. The van der Waals surface area contributed by atoms with Crippen LogP contribution in [-0.4, -0.2) is 24.1 Å². The first-order chi connectivity index (χ1) is 9.01. The molecule has 0 saturated heterocycles. The van der Waals surface area contributed by atoms with Gasteiger partial charge in [0, 0.05) is 11.8 Å². The standard InChI is InChI=1S/C13H17N3O3/c1-7(2)11(12(17)18-3)16-13-15-9-5-4-8(14)6-10(9)19-13/h4-7,11H,14H2,1-3H3,(H,15,16). The SMILES string of the molecule is COC(=O)C(Nc1nc2ccc(N)cc2o1)C(C)C. The molecule has 6 heteroatoms. The predicted octanol–water partition coefficient (Wildman–Crippen LogP) is 2.02. The van der Waals surface area contributed by atoms with Crippen molar-refractivity contribution in [1.29, 1.82) is 0 Å². The van der Waals surface area contributed by atoms with Gasteiger partial charge in [0.05, 0.1) is 7.11 Å². The van der Waals surface area contributed by atoms with Gasteiger partial charge in [0.15, 0.2) is 5.58 Å². The van der Waals surface area contributed by atoms with Crippen LogP contribution in [-0.2, 0) is 9.53 Å². The molecule has 1 heterocycles. The highest BCUT2D eigenvalue weighted by atomic mass is 16.5. The lowest BCUT2D eigenvalue weighted by Crippen LogP contribution is -2.35. The van der Waals surface area contributed by atoms with Crippen molar-refractivity contribution < 1.29 is 13.9 Å². The lowest BCUT2D eigenvalue weighted by Gasteiger charge is -2.18. The summed E-state index contributed by atoms with van der Waals surface area (Å²) >= 11 is 0. The van der Waals surface area contributed by atoms with Gasteiger partial charge in [0.2, 0.25) is 0 Å². The largest absolute Gasteiger partial charge is 0.467 e. The van der Waals surface area contributed by atoms with Gasteiger partial charge in [-0.3, -0.25) is 0 Å². The highest BCUT2D eigenvalue weighted by molar-refractivity contribution is 5.81. The van der Waals surface area contributed by atoms with E-state index in [2.05, 4.69) is 10.3 Å². The van der Waals surface area contributed by atoms with Crippen molar-refractivity contribution in [2.24, 2.45) is 5.92 Å². The van der Waals surface area contributed by atoms with E-state index in [9.17, 15) is 4.79 Å². The molecule has 0 saturated carbocycles.